The van der Waals surface area contributed by atoms with Crippen LogP contribution in [0, 0.1) is 17.6 Å². The van der Waals surface area contributed by atoms with Crippen molar-refractivity contribution >= 4 is 10.0 Å². The Kier molecular flexibility index (Phi) is 4.84. The summed E-state index contributed by atoms with van der Waals surface area (Å²) in [4.78, 5) is 2.68. The third-order valence-corrected chi connectivity index (χ3v) is 5.40. The standard InChI is InChI=1S/C17H14F3N3O2S/c1-21-9-11-8-14(12-4-3-7-22-17(12)20)23(10-11)26(24,25)15-6-2-5-13(18)16(15)19/h2-8,10,21H,9H2,1H3. The molecule has 0 fully saturated rings. The lowest BCUT2D eigenvalue weighted by Gasteiger charge is -2.11. The van der Waals surface area contributed by atoms with Crippen LogP contribution >= 0.6 is 0 Å². The third-order valence-electron chi connectivity index (χ3n) is 3.71. The SMILES string of the molecule is CNCc1cc(-c2cccnc2F)n(S(=O)(=O)c2cccc(F)c2F)c1. The van der Waals surface area contributed by atoms with Gasteiger partial charge in [-0.05, 0) is 42.9 Å². The highest BCUT2D eigenvalue weighted by molar-refractivity contribution is 7.90. The second kappa shape index (κ2) is 6.93. The smallest absolute Gasteiger partial charge is 0.271 e. The van der Waals surface area contributed by atoms with Crippen LogP contribution in [0.4, 0.5) is 13.2 Å². The van der Waals surface area contributed by atoms with Crippen LogP contribution in [-0.4, -0.2) is 24.4 Å². The predicted octanol–water partition coefficient (Wildman–Crippen LogP) is 2.92. The molecule has 0 aliphatic carbocycles. The van der Waals surface area contributed by atoms with Gasteiger partial charge in [0, 0.05) is 18.9 Å². The first-order chi connectivity index (χ1) is 12.4. The summed E-state index contributed by atoms with van der Waals surface area (Å²) in [6.45, 7) is 0.295. The lowest BCUT2D eigenvalue weighted by molar-refractivity contribution is 0.484. The minimum absolute atomic E-state index is 0.0375. The normalized spacial score (nSPS) is 11.7. The molecule has 1 N–H and O–H groups in total. The van der Waals surface area contributed by atoms with Crippen molar-refractivity contribution in [2.75, 3.05) is 7.05 Å². The maximum atomic E-state index is 14.1. The maximum Gasteiger partial charge on any atom is 0.271 e. The minimum Gasteiger partial charge on any atom is -0.316 e. The number of nitrogens with zero attached hydrogens (tertiary/aromatic N) is 2. The Morgan fingerprint density at radius 1 is 1.15 bits per heavy atom. The molecular weight excluding hydrogens is 367 g/mol. The Morgan fingerprint density at radius 3 is 2.62 bits per heavy atom. The zero-order valence-corrected chi connectivity index (χ0v) is 14.4. The van der Waals surface area contributed by atoms with Crippen molar-refractivity contribution in [2.24, 2.45) is 0 Å². The van der Waals surface area contributed by atoms with Crippen molar-refractivity contribution in [3.05, 3.63) is 71.9 Å². The molecular formula is C17H14F3N3O2S. The van der Waals surface area contributed by atoms with Crippen molar-refractivity contribution in [1.29, 1.82) is 0 Å². The lowest BCUT2D eigenvalue weighted by Crippen LogP contribution is -2.16. The molecule has 0 atom stereocenters. The van der Waals surface area contributed by atoms with Gasteiger partial charge >= 0.3 is 0 Å². The molecule has 0 aliphatic heterocycles. The largest absolute Gasteiger partial charge is 0.316 e. The first-order valence-corrected chi connectivity index (χ1v) is 8.96. The van der Waals surface area contributed by atoms with E-state index in [1.807, 2.05) is 0 Å². The number of hydrogen-bond donors (Lipinski definition) is 1. The third kappa shape index (κ3) is 3.11. The molecule has 0 saturated carbocycles. The number of benzene rings is 1. The van der Waals surface area contributed by atoms with Crippen LogP contribution in [0.15, 0.2) is 53.7 Å². The van der Waals surface area contributed by atoms with Gasteiger partial charge in [0.2, 0.25) is 5.95 Å². The molecule has 2 heterocycles. The monoisotopic (exact) mass is 381 g/mol. The molecule has 3 rings (SSSR count). The van der Waals surface area contributed by atoms with E-state index in [-0.39, 0.29) is 11.3 Å². The van der Waals surface area contributed by atoms with Gasteiger partial charge in [0.25, 0.3) is 10.0 Å². The van der Waals surface area contributed by atoms with Crippen LogP contribution < -0.4 is 5.32 Å². The molecule has 9 heteroatoms. The van der Waals surface area contributed by atoms with Crippen LogP contribution in [-0.2, 0) is 16.6 Å². The van der Waals surface area contributed by atoms with E-state index in [0.29, 0.717) is 12.1 Å². The van der Waals surface area contributed by atoms with Gasteiger partial charge in [-0.1, -0.05) is 6.07 Å². The highest BCUT2D eigenvalue weighted by Crippen LogP contribution is 2.29. The number of rotatable bonds is 5. The van der Waals surface area contributed by atoms with E-state index in [2.05, 4.69) is 10.3 Å². The minimum atomic E-state index is -4.51. The molecule has 5 nitrogen and oxygen atoms in total. The molecule has 3 aromatic rings. The van der Waals surface area contributed by atoms with E-state index in [1.165, 1.54) is 30.6 Å². The fraction of sp³-hybridized carbons (Fsp3) is 0.118. The summed E-state index contributed by atoms with van der Waals surface area (Å²) in [6, 6.07) is 7.11. The average Bonchev–Trinajstić information content (AvgIpc) is 3.02. The highest BCUT2D eigenvalue weighted by Gasteiger charge is 2.27. The second-order valence-corrected chi connectivity index (χ2v) is 7.24. The molecule has 26 heavy (non-hydrogen) atoms. The molecule has 0 saturated heterocycles. The fourth-order valence-electron chi connectivity index (χ4n) is 2.56. The Balaban J connectivity index is 2.27. The van der Waals surface area contributed by atoms with Crippen molar-refractivity contribution in [3.8, 4) is 11.3 Å². The number of nitrogens with one attached hydrogen (secondary N) is 1. The Labute approximate surface area is 148 Å². The van der Waals surface area contributed by atoms with E-state index >= 15 is 0 Å². The summed E-state index contributed by atoms with van der Waals surface area (Å²) in [5.41, 5.74) is 0.408. The topological polar surface area (TPSA) is 64.0 Å². The number of aromatic nitrogens is 2. The Bertz CT molecular complexity index is 1060. The van der Waals surface area contributed by atoms with Crippen LogP contribution in [0.1, 0.15) is 5.56 Å². The van der Waals surface area contributed by atoms with Gasteiger partial charge in [0.15, 0.2) is 11.6 Å². The summed E-state index contributed by atoms with van der Waals surface area (Å²) in [5, 5.41) is 2.85. The van der Waals surface area contributed by atoms with E-state index in [4.69, 9.17) is 0 Å². The van der Waals surface area contributed by atoms with E-state index < -0.39 is 32.5 Å². The number of hydrogen-bond acceptors (Lipinski definition) is 4. The van der Waals surface area contributed by atoms with Gasteiger partial charge in [-0.3, -0.25) is 0 Å². The molecule has 0 bridgehead atoms. The highest BCUT2D eigenvalue weighted by atomic mass is 32.2. The van der Waals surface area contributed by atoms with Crippen LogP contribution in [0.5, 0.6) is 0 Å². The summed E-state index contributed by atoms with van der Waals surface area (Å²) < 4.78 is 68.3. The molecule has 0 aliphatic rings. The van der Waals surface area contributed by atoms with Crippen LogP contribution in [0.3, 0.4) is 0 Å². The van der Waals surface area contributed by atoms with E-state index in [1.54, 1.807) is 7.05 Å². The van der Waals surface area contributed by atoms with Gasteiger partial charge in [-0.2, -0.15) is 4.39 Å². The maximum absolute atomic E-state index is 14.1. The van der Waals surface area contributed by atoms with Crippen molar-refractivity contribution in [3.63, 3.8) is 0 Å². The average molecular weight is 381 g/mol. The fourth-order valence-corrected chi connectivity index (χ4v) is 4.03. The molecule has 0 amide bonds. The van der Waals surface area contributed by atoms with Crippen LogP contribution in [0.25, 0.3) is 11.3 Å². The predicted molar refractivity (Wildman–Crippen MR) is 89.3 cm³/mol. The summed E-state index contributed by atoms with van der Waals surface area (Å²) in [6.07, 6.45) is 2.46. The van der Waals surface area contributed by atoms with Gasteiger partial charge in [0.1, 0.15) is 4.90 Å². The summed E-state index contributed by atoms with van der Waals surface area (Å²) in [5.74, 6) is -3.66. The van der Waals surface area contributed by atoms with Gasteiger partial charge in [-0.25, -0.2) is 26.2 Å². The van der Waals surface area contributed by atoms with Gasteiger partial charge < -0.3 is 5.32 Å². The first kappa shape index (κ1) is 18.2. The summed E-state index contributed by atoms with van der Waals surface area (Å²) in [7, 11) is -2.85. The van der Waals surface area contributed by atoms with Crippen LogP contribution in [0.2, 0.25) is 0 Å². The second-order valence-electron chi connectivity index (χ2n) is 5.46. The zero-order chi connectivity index (χ0) is 18.9. The molecule has 0 unspecified atom stereocenters. The first-order valence-electron chi connectivity index (χ1n) is 7.52. The van der Waals surface area contributed by atoms with Crippen molar-refractivity contribution in [2.45, 2.75) is 11.4 Å². The Morgan fingerprint density at radius 2 is 1.92 bits per heavy atom. The molecule has 0 spiro atoms. The molecule has 1 aromatic carbocycles. The zero-order valence-electron chi connectivity index (χ0n) is 13.6. The van der Waals surface area contributed by atoms with Gasteiger partial charge in [-0.15, -0.1) is 0 Å². The Hall–Kier alpha value is -2.65. The van der Waals surface area contributed by atoms with Gasteiger partial charge in [0.05, 0.1) is 11.3 Å². The number of halogens is 3. The summed E-state index contributed by atoms with van der Waals surface area (Å²) >= 11 is 0. The van der Waals surface area contributed by atoms with Crippen molar-refractivity contribution < 1.29 is 21.6 Å². The van der Waals surface area contributed by atoms with E-state index in [0.717, 1.165) is 22.2 Å². The van der Waals surface area contributed by atoms with E-state index in [9.17, 15) is 21.6 Å². The molecule has 136 valence electrons. The quantitative estimate of drug-likeness (QED) is 0.691. The van der Waals surface area contributed by atoms with Crippen molar-refractivity contribution in [1.82, 2.24) is 14.3 Å². The molecule has 0 radical (unpaired) electrons. The lowest BCUT2D eigenvalue weighted by atomic mass is 10.2. The number of pyridine rings is 1. The molecule has 2 aromatic heterocycles.